The Hall–Kier alpha value is -3.07. The van der Waals surface area contributed by atoms with Crippen LogP contribution in [0.25, 0.3) is 0 Å². The molecule has 0 spiro atoms. The molecule has 35 heavy (non-hydrogen) atoms. The number of ether oxygens (including phenoxy) is 1. The van der Waals surface area contributed by atoms with Gasteiger partial charge in [-0.25, -0.2) is 8.78 Å². The normalized spacial score (nSPS) is 29.0. The van der Waals surface area contributed by atoms with E-state index in [0.717, 1.165) is 0 Å². The molecule has 0 saturated heterocycles. The summed E-state index contributed by atoms with van der Waals surface area (Å²) in [6, 6.07) is 15.8. The van der Waals surface area contributed by atoms with Crippen LogP contribution in [-0.2, 0) is 16.0 Å². The Kier molecular flexibility index (Phi) is 5.58. The summed E-state index contributed by atoms with van der Waals surface area (Å²) in [7, 11) is 3.12. The third kappa shape index (κ3) is 3.20. The topological polar surface area (TPSA) is 82.9 Å². The summed E-state index contributed by atoms with van der Waals surface area (Å²) in [4.78, 5) is 19.1. The van der Waals surface area contributed by atoms with E-state index < -0.39 is 41.5 Å². The number of pyridine rings is 1. The zero-order valence-corrected chi connectivity index (χ0v) is 19.7. The number of rotatable bonds is 4. The molecule has 1 unspecified atom stereocenters. The molecular weight excluding hydrogens is 478 g/mol. The first kappa shape index (κ1) is 23.7. The van der Waals surface area contributed by atoms with Gasteiger partial charge < -0.3 is 19.8 Å². The number of hydrogen-bond acceptors (Lipinski definition) is 5. The lowest BCUT2D eigenvalue weighted by Crippen LogP contribution is -2.52. The van der Waals surface area contributed by atoms with Crippen molar-refractivity contribution in [2.24, 2.45) is 5.92 Å². The number of aliphatic hydroxyl groups is 2. The highest BCUT2D eigenvalue weighted by atomic mass is 35.5. The van der Waals surface area contributed by atoms with E-state index >= 15 is 0 Å². The molecule has 2 aromatic carbocycles. The lowest BCUT2D eigenvalue weighted by atomic mass is 9.71. The van der Waals surface area contributed by atoms with Gasteiger partial charge in [0.05, 0.1) is 10.9 Å². The molecule has 0 radical (unpaired) electrons. The largest absolute Gasteiger partial charge is 0.476 e. The maximum absolute atomic E-state index is 13.5. The van der Waals surface area contributed by atoms with Crippen molar-refractivity contribution in [2.75, 3.05) is 14.1 Å². The summed E-state index contributed by atoms with van der Waals surface area (Å²) in [5.74, 6) is -2.30. The van der Waals surface area contributed by atoms with Crippen LogP contribution in [0.15, 0.2) is 66.9 Å². The number of benzene rings is 2. The first-order valence-electron chi connectivity index (χ1n) is 11.0. The maximum atomic E-state index is 13.5. The zero-order chi connectivity index (χ0) is 25.1. The number of alkyl halides is 2. The van der Waals surface area contributed by atoms with Gasteiger partial charge in [-0.05, 0) is 11.1 Å². The van der Waals surface area contributed by atoms with Gasteiger partial charge in [0, 0.05) is 37.8 Å². The molecule has 0 bridgehead atoms. The van der Waals surface area contributed by atoms with Gasteiger partial charge in [0.2, 0.25) is 5.91 Å². The van der Waals surface area contributed by atoms with Crippen LogP contribution in [-0.4, -0.2) is 46.2 Å². The monoisotopic (exact) mass is 500 g/mol. The van der Waals surface area contributed by atoms with E-state index in [2.05, 4.69) is 4.98 Å². The Balaban J connectivity index is 1.84. The second kappa shape index (κ2) is 8.26. The van der Waals surface area contributed by atoms with Crippen molar-refractivity contribution in [2.45, 2.75) is 29.6 Å². The van der Waals surface area contributed by atoms with Gasteiger partial charge >= 0.3 is 0 Å². The van der Waals surface area contributed by atoms with E-state index in [-0.39, 0.29) is 22.0 Å². The molecule has 5 atom stereocenters. The molecule has 1 saturated carbocycles. The zero-order valence-electron chi connectivity index (χ0n) is 18.9. The number of halogens is 3. The van der Waals surface area contributed by atoms with Crippen LogP contribution in [0.1, 0.15) is 34.7 Å². The van der Waals surface area contributed by atoms with Gasteiger partial charge in [-0.1, -0.05) is 66.2 Å². The number of carbonyl (C=O) groups excluding carboxylic acids is 1. The summed E-state index contributed by atoms with van der Waals surface area (Å²) >= 11 is 6.15. The molecule has 2 aliphatic rings. The Bertz CT molecular complexity index is 1270. The van der Waals surface area contributed by atoms with Crippen LogP contribution < -0.4 is 4.74 Å². The van der Waals surface area contributed by atoms with Gasteiger partial charge in [-0.2, -0.15) is 0 Å². The molecule has 1 aliphatic heterocycles. The van der Waals surface area contributed by atoms with Crippen LogP contribution in [0.2, 0.25) is 5.02 Å². The predicted molar refractivity (Wildman–Crippen MR) is 124 cm³/mol. The maximum Gasteiger partial charge on any atom is 0.263 e. The second-order valence-corrected chi connectivity index (χ2v) is 9.56. The molecule has 2 heterocycles. The van der Waals surface area contributed by atoms with Crippen molar-refractivity contribution in [1.82, 2.24) is 9.88 Å². The van der Waals surface area contributed by atoms with Crippen LogP contribution in [0, 0.1) is 5.92 Å². The van der Waals surface area contributed by atoms with Gasteiger partial charge in [0.25, 0.3) is 6.43 Å². The summed E-state index contributed by atoms with van der Waals surface area (Å²) in [6.45, 7) is 0. The highest BCUT2D eigenvalue weighted by Gasteiger charge is 2.78. The van der Waals surface area contributed by atoms with Gasteiger partial charge in [-0.3, -0.25) is 9.78 Å². The van der Waals surface area contributed by atoms with E-state index in [1.165, 1.54) is 41.4 Å². The number of amides is 1. The Morgan fingerprint density at radius 3 is 2.40 bits per heavy atom. The minimum absolute atomic E-state index is 0.0299. The van der Waals surface area contributed by atoms with Crippen LogP contribution in [0.5, 0.6) is 5.75 Å². The van der Waals surface area contributed by atoms with Gasteiger partial charge in [0.1, 0.15) is 17.5 Å². The van der Waals surface area contributed by atoms with E-state index in [1.54, 1.807) is 44.4 Å². The average molecular weight is 501 g/mol. The fourth-order valence-electron chi connectivity index (χ4n) is 5.58. The van der Waals surface area contributed by atoms with Crippen LogP contribution in [0.3, 0.4) is 0 Å². The van der Waals surface area contributed by atoms with Gasteiger partial charge in [-0.15, -0.1) is 0 Å². The van der Waals surface area contributed by atoms with Crippen molar-refractivity contribution in [3.8, 4) is 5.75 Å². The smallest absolute Gasteiger partial charge is 0.263 e. The summed E-state index contributed by atoms with van der Waals surface area (Å²) in [5, 5.41) is 24.3. The highest BCUT2D eigenvalue weighted by molar-refractivity contribution is 6.30. The fourth-order valence-corrected chi connectivity index (χ4v) is 5.73. The van der Waals surface area contributed by atoms with E-state index in [1.807, 2.05) is 0 Å². The molecule has 1 aromatic heterocycles. The van der Waals surface area contributed by atoms with Gasteiger partial charge in [0.15, 0.2) is 11.2 Å². The quantitative estimate of drug-likeness (QED) is 0.565. The number of fused-ring (bicyclic) bond motifs is 3. The number of hydrogen-bond donors (Lipinski definition) is 2. The molecule has 1 fully saturated rings. The highest BCUT2D eigenvalue weighted by Crippen LogP contribution is 2.68. The van der Waals surface area contributed by atoms with E-state index in [0.29, 0.717) is 11.1 Å². The molecule has 6 nitrogen and oxygen atoms in total. The van der Waals surface area contributed by atoms with Crippen LogP contribution in [0.4, 0.5) is 8.78 Å². The fraction of sp³-hybridized carbons (Fsp3) is 0.308. The first-order valence-corrected chi connectivity index (χ1v) is 11.4. The summed E-state index contributed by atoms with van der Waals surface area (Å²) < 4.78 is 33.2. The number of aliphatic hydroxyl groups excluding tert-OH is 1. The van der Waals surface area contributed by atoms with Crippen molar-refractivity contribution in [1.29, 1.82) is 0 Å². The minimum Gasteiger partial charge on any atom is -0.476 e. The molecule has 5 rings (SSSR count). The van der Waals surface area contributed by atoms with Crippen molar-refractivity contribution in [3.05, 3.63) is 94.3 Å². The predicted octanol–water partition coefficient (Wildman–Crippen LogP) is 4.01. The number of nitrogens with zero attached hydrogens (tertiary/aromatic N) is 2. The molecule has 9 heteroatoms. The lowest BCUT2D eigenvalue weighted by Gasteiger charge is -2.40. The van der Waals surface area contributed by atoms with Crippen molar-refractivity contribution < 1.29 is 28.5 Å². The van der Waals surface area contributed by atoms with Crippen molar-refractivity contribution in [3.63, 3.8) is 0 Å². The summed E-state index contributed by atoms with van der Waals surface area (Å²) in [6.07, 6.45) is -3.00. The third-order valence-electron chi connectivity index (χ3n) is 7.06. The van der Waals surface area contributed by atoms with E-state index in [4.69, 9.17) is 16.3 Å². The minimum atomic E-state index is -2.69. The lowest BCUT2D eigenvalue weighted by molar-refractivity contribution is -0.157. The summed E-state index contributed by atoms with van der Waals surface area (Å²) in [5.41, 5.74) is -3.18. The second-order valence-electron chi connectivity index (χ2n) is 9.12. The first-order chi connectivity index (χ1) is 16.6. The SMILES string of the molecule is CN(C)C(=O)[C@H]1[C@@H](O)C2(O)c3ncc(Cl)cc3O[C@@]2(c2ccc(C(F)F)cc2)[C@@H]1c1ccccc1. The molecule has 182 valence electrons. The van der Waals surface area contributed by atoms with Crippen LogP contribution >= 0.6 is 11.6 Å². The van der Waals surface area contributed by atoms with Crippen molar-refractivity contribution >= 4 is 17.5 Å². The number of aromatic nitrogens is 1. The molecule has 3 aromatic rings. The Labute approximate surface area is 205 Å². The molecule has 1 amide bonds. The Morgan fingerprint density at radius 2 is 1.80 bits per heavy atom. The number of carbonyl (C=O) groups is 1. The van der Waals surface area contributed by atoms with E-state index in [9.17, 15) is 23.8 Å². The third-order valence-corrected chi connectivity index (χ3v) is 7.27. The standard InChI is InChI=1S/C26H23ClF2N2O4/c1-31(2)24(33)19-20(14-6-4-3-5-7-14)26(16-10-8-15(9-11-16)23(28)29)25(34,22(19)32)21-18(35-26)12-17(27)13-30-21/h3-13,19-20,22-23,32,34H,1-2H3/t19-,20-,22-,25?,26+/m1/s1. The molecular formula is C26H23ClF2N2O4. The molecule has 1 aliphatic carbocycles. The Morgan fingerprint density at radius 1 is 1.14 bits per heavy atom. The molecule has 2 N–H and O–H groups in total. The average Bonchev–Trinajstić information content (AvgIpc) is 3.21.